The van der Waals surface area contributed by atoms with Crippen LogP contribution in [0.3, 0.4) is 0 Å². The number of benzene rings is 2. The van der Waals surface area contributed by atoms with Gasteiger partial charge in [-0.25, -0.2) is 9.78 Å². The number of carbonyl (C=O) groups is 1. The number of nitrogens with zero attached hydrogens (tertiary/aromatic N) is 1. The number of aromatic nitrogens is 1. The van der Waals surface area contributed by atoms with Crippen molar-refractivity contribution in [2.75, 3.05) is 0 Å². The fraction of sp³-hybridized carbons (Fsp3) is 0. The largest absolute Gasteiger partial charge is 0.478 e. The van der Waals surface area contributed by atoms with Crippen LogP contribution in [0.4, 0.5) is 0 Å². The summed E-state index contributed by atoms with van der Waals surface area (Å²) < 4.78 is 5.43. The van der Waals surface area contributed by atoms with Gasteiger partial charge in [0.2, 0.25) is 5.89 Å². The summed E-state index contributed by atoms with van der Waals surface area (Å²) in [4.78, 5) is 15.4. The number of rotatable bonds is 3. The monoisotopic (exact) mass is 299 g/mol. The third-order valence-electron chi connectivity index (χ3n) is 3.00. The average Bonchev–Trinajstić information content (AvgIpc) is 2.98. The molecule has 1 aromatic heterocycles. The summed E-state index contributed by atoms with van der Waals surface area (Å²) >= 11 is 5.85. The molecule has 3 rings (SSSR count). The summed E-state index contributed by atoms with van der Waals surface area (Å²) in [5.41, 5.74) is 2.36. The maximum atomic E-state index is 11.0. The SMILES string of the molecule is O=C(O)c1cccc(-c2nc(-c3ccc(Cl)cc3)co2)c1. The lowest BCUT2D eigenvalue weighted by atomic mass is 10.1. The zero-order chi connectivity index (χ0) is 14.8. The minimum absolute atomic E-state index is 0.193. The quantitative estimate of drug-likeness (QED) is 0.780. The number of aromatic carboxylic acids is 1. The van der Waals surface area contributed by atoms with Gasteiger partial charge >= 0.3 is 5.97 Å². The number of carboxylic acid groups (broad SMARTS) is 1. The number of carboxylic acids is 1. The predicted octanol–water partition coefficient (Wildman–Crippen LogP) is 4.36. The highest BCUT2D eigenvalue weighted by molar-refractivity contribution is 6.30. The third kappa shape index (κ3) is 2.80. The summed E-state index contributed by atoms with van der Waals surface area (Å²) in [6, 6.07) is 13.7. The van der Waals surface area contributed by atoms with Gasteiger partial charge in [0.05, 0.1) is 5.56 Å². The Labute approximate surface area is 125 Å². The molecule has 0 fully saturated rings. The minimum Gasteiger partial charge on any atom is -0.478 e. The molecule has 5 heteroatoms. The number of halogens is 1. The second kappa shape index (κ2) is 5.42. The molecule has 0 atom stereocenters. The van der Waals surface area contributed by atoms with Crippen LogP contribution >= 0.6 is 11.6 Å². The van der Waals surface area contributed by atoms with E-state index >= 15 is 0 Å². The molecule has 0 aliphatic carbocycles. The molecule has 2 aromatic carbocycles. The van der Waals surface area contributed by atoms with Gasteiger partial charge in [-0.1, -0.05) is 29.8 Å². The molecule has 0 radical (unpaired) electrons. The summed E-state index contributed by atoms with van der Waals surface area (Å²) in [5, 5.41) is 9.65. The molecule has 0 saturated heterocycles. The van der Waals surface area contributed by atoms with Gasteiger partial charge in [-0.05, 0) is 30.3 Å². The smallest absolute Gasteiger partial charge is 0.335 e. The Balaban J connectivity index is 1.96. The molecule has 21 heavy (non-hydrogen) atoms. The van der Waals surface area contributed by atoms with Crippen LogP contribution < -0.4 is 0 Å². The fourth-order valence-electron chi connectivity index (χ4n) is 1.94. The lowest BCUT2D eigenvalue weighted by Gasteiger charge is -1.98. The van der Waals surface area contributed by atoms with Crippen LogP contribution in [-0.4, -0.2) is 16.1 Å². The van der Waals surface area contributed by atoms with Crippen molar-refractivity contribution in [3.63, 3.8) is 0 Å². The van der Waals surface area contributed by atoms with Gasteiger partial charge in [0, 0.05) is 16.1 Å². The minimum atomic E-state index is -0.985. The van der Waals surface area contributed by atoms with E-state index in [1.165, 1.54) is 18.4 Å². The predicted molar refractivity (Wildman–Crippen MR) is 79.3 cm³/mol. The highest BCUT2D eigenvalue weighted by Crippen LogP contribution is 2.26. The van der Waals surface area contributed by atoms with E-state index in [1.54, 1.807) is 24.3 Å². The normalized spacial score (nSPS) is 10.5. The van der Waals surface area contributed by atoms with Crippen LogP contribution in [0.1, 0.15) is 10.4 Å². The van der Waals surface area contributed by atoms with Crippen LogP contribution in [0.15, 0.2) is 59.2 Å². The Bertz CT molecular complexity index is 793. The molecule has 0 spiro atoms. The maximum absolute atomic E-state index is 11.0. The number of hydrogen-bond acceptors (Lipinski definition) is 3. The van der Waals surface area contributed by atoms with Gasteiger partial charge in [-0.2, -0.15) is 0 Å². The Hall–Kier alpha value is -2.59. The van der Waals surface area contributed by atoms with Gasteiger partial charge in [-0.15, -0.1) is 0 Å². The van der Waals surface area contributed by atoms with Gasteiger partial charge in [0.15, 0.2) is 0 Å². The Morgan fingerprint density at radius 3 is 2.57 bits per heavy atom. The summed E-state index contributed by atoms with van der Waals surface area (Å²) in [5.74, 6) is -0.607. The van der Waals surface area contributed by atoms with Gasteiger partial charge in [0.25, 0.3) is 0 Å². The van der Waals surface area contributed by atoms with E-state index in [0.717, 1.165) is 5.56 Å². The second-order valence-electron chi connectivity index (χ2n) is 4.43. The molecule has 3 aromatic rings. The van der Waals surface area contributed by atoms with Crippen molar-refractivity contribution in [1.29, 1.82) is 0 Å². The van der Waals surface area contributed by atoms with Crippen LogP contribution in [-0.2, 0) is 0 Å². The van der Waals surface area contributed by atoms with Gasteiger partial charge in [-0.3, -0.25) is 0 Å². The molecule has 0 bridgehead atoms. The van der Waals surface area contributed by atoms with E-state index in [9.17, 15) is 4.79 Å². The first-order valence-corrected chi connectivity index (χ1v) is 6.56. The fourth-order valence-corrected chi connectivity index (χ4v) is 2.07. The zero-order valence-electron chi connectivity index (χ0n) is 10.8. The van der Waals surface area contributed by atoms with E-state index in [0.29, 0.717) is 22.2 Å². The molecular weight excluding hydrogens is 290 g/mol. The van der Waals surface area contributed by atoms with E-state index in [1.807, 2.05) is 12.1 Å². The number of oxazole rings is 1. The van der Waals surface area contributed by atoms with Crippen LogP contribution in [0.5, 0.6) is 0 Å². The molecular formula is C16H10ClNO3. The Morgan fingerprint density at radius 1 is 1.10 bits per heavy atom. The highest BCUT2D eigenvalue weighted by Gasteiger charge is 2.10. The molecule has 0 aliphatic rings. The Kier molecular flexibility index (Phi) is 3.46. The van der Waals surface area contributed by atoms with Gasteiger partial charge in [0.1, 0.15) is 12.0 Å². The van der Waals surface area contributed by atoms with Crippen LogP contribution in [0.2, 0.25) is 5.02 Å². The van der Waals surface area contributed by atoms with Crippen LogP contribution in [0.25, 0.3) is 22.7 Å². The summed E-state index contributed by atoms with van der Waals surface area (Å²) in [7, 11) is 0. The van der Waals surface area contributed by atoms with Crippen molar-refractivity contribution in [3.8, 4) is 22.7 Å². The number of hydrogen-bond donors (Lipinski definition) is 1. The molecule has 0 saturated carbocycles. The zero-order valence-corrected chi connectivity index (χ0v) is 11.5. The molecule has 0 aliphatic heterocycles. The Morgan fingerprint density at radius 2 is 1.86 bits per heavy atom. The van der Waals surface area contributed by atoms with E-state index in [2.05, 4.69) is 4.98 Å². The van der Waals surface area contributed by atoms with E-state index in [4.69, 9.17) is 21.1 Å². The lowest BCUT2D eigenvalue weighted by molar-refractivity contribution is 0.0697. The first kappa shape index (κ1) is 13.4. The molecule has 0 unspecified atom stereocenters. The summed E-state index contributed by atoms with van der Waals surface area (Å²) in [6.07, 6.45) is 1.53. The standard InChI is InChI=1S/C16H10ClNO3/c17-13-6-4-10(5-7-13)14-9-21-15(18-14)11-2-1-3-12(8-11)16(19)20/h1-9H,(H,19,20). The highest BCUT2D eigenvalue weighted by atomic mass is 35.5. The third-order valence-corrected chi connectivity index (χ3v) is 3.25. The topological polar surface area (TPSA) is 63.3 Å². The first-order valence-electron chi connectivity index (χ1n) is 6.19. The second-order valence-corrected chi connectivity index (χ2v) is 4.87. The molecule has 1 heterocycles. The average molecular weight is 300 g/mol. The molecule has 1 N–H and O–H groups in total. The lowest BCUT2D eigenvalue weighted by Crippen LogP contribution is -1.95. The summed E-state index contributed by atoms with van der Waals surface area (Å²) in [6.45, 7) is 0. The van der Waals surface area contributed by atoms with E-state index in [-0.39, 0.29) is 5.56 Å². The van der Waals surface area contributed by atoms with Crippen molar-refractivity contribution in [1.82, 2.24) is 4.98 Å². The van der Waals surface area contributed by atoms with Crippen molar-refractivity contribution in [2.24, 2.45) is 0 Å². The first-order chi connectivity index (χ1) is 10.1. The molecule has 0 amide bonds. The van der Waals surface area contributed by atoms with Crippen molar-refractivity contribution < 1.29 is 14.3 Å². The van der Waals surface area contributed by atoms with Crippen molar-refractivity contribution in [2.45, 2.75) is 0 Å². The van der Waals surface area contributed by atoms with E-state index < -0.39 is 5.97 Å². The van der Waals surface area contributed by atoms with Crippen molar-refractivity contribution in [3.05, 3.63) is 65.4 Å². The van der Waals surface area contributed by atoms with Gasteiger partial charge < -0.3 is 9.52 Å². The molecule has 4 nitrogen and oxygen atoms in total. The van der Waals surface area contributed by atoms with Crippen LogP contribution in [0, 0.1) is 0 Å². The van der Waals surface area contributed by atoms with Crippen molar-refractivity contribution >= 4 is 17.6 Å². The maximum Gasteiger partial charge on any atom is 0.335 e. The molecule has 104 valence electrons.